The smallest absolute Gasteiger partial charge is 0.225 e. The first-order valence-corrected chi connectivity index (χ1v) is 23.0. The second-order valence-corrected chi connectivity index (χ2v) is 21.2. The van der Waals surface area contributed by atoms with E-state index < -0.39 is 0 Å². The maximum absolute atomic E-state index is 7.06. The van der Waals surface area contributed by atoms with Crippen LogP contribution in [0.15, 0.2) is 176 Å². The number of rotatable bonds is 7. The molecule has 2 aliphatic heterocycles. The van der Waals surface area contributed by atoms with Gasteiger partial charge in [0.2, 0.25) is 11.4 Å². The summed E-state index contributed by atoms with van der Waals surface area (Å²) in [5.41, 5.74) is 15.7. The molecule has 2 aliphatic rings. The van der Waals surface area contributed by atoms with E-state index >= 15 is 0 Å². The van der Waals surface area contributed by atoms with Crippen LogP contribution in [-0.2, 0) is 16.2 Å². The predicted octanol–water partition coefficient (Wildman–Crippen LogP) is 16.5. The average molecular weight is 850 g/mol. The lowest BCUT2D eigenvalue weighted by molar-refractivity contribution is 0.422. The van der Waals surface area contributed by atoms with E-state index in [0.29, 0.717) is 9.18 Å². The van der Waals surface area contributed by atoms with Gasteiger partial charge in [-0.15, -0.1) is 0 Å². The van der Waals surface area contributed by atoms with Gasteiger partial charge in [-0.2, -0.15) is 9.18 Å². The molecule has 7 aromatic carbocycles. The van der Waals surface area contributed by atoms with Crippen LogP contribution < -0.4 is 13.9 Å². The van der Waals surface area contributed by atoms with E-state index in [-0.39, 0.29) is 16.2 Å². The Morgan fingerprint density at radius 1 is 0.431 bits per heavy atom. The molecular formula is C60H57N4O+. The molecule has 1 saturated heterocycles. The molecule has 11 rings (SSSR count). The second-order valence-electron chi connectivity index (χ2n) is 21.2. The maximum atomic E-state index is 7.06. The van der Waals surface area contributed by atoms with Crippen LogP contribution in [0.2, 0.25) is 0 Å². The van der Waals surface area contributed by atoms with Crippen LogP contribution in [-0.4, -0.2) is 9.55 Å². The first kappa shape index (κ1) is 40.9. The Balaban J connectivity index is 1.05. The number of ether oxygens (including phenoxy) is 1. The summed E-state index contributed by atoms with van der Waals surface area (Å²) in [6, 6.07) is 62.4. The fraction of sp³-hybridized carbons (Fsp3) is 0.200. The van der Waals surface area contributed by atoms with Gasteiger partial charge in [-0.25, -0.2) is 4.98 Å². The molecule has 4 heterocycles. The number of hydrogen-bond donors (Lipinski definition) is 0. The summed E-state index contributed by atoms with van der Waals surface area (Å²) >= 11 is 0. The Hall–Kier alpha value is -6.79. The van der Waals surface area contributed by atoms with E-state index in [9.17, 15) is 0 Å². The Kier molecular flexibility index (Phi) is 9.04. The molecule has 2 aromatic heterocycles. The summed E-state index contributed by atoms with van der Waals surface area (Å²) in [4.78, 5) is 4.93. The molecule has 1 fully saturated rings. The van der Waals surface area contributed by atoms with E-state index in [2.05, 4.69) is 243 Å². The standard InChI is InChI=1S/C60H57N4O/c1-58(2,3)44-25-23-41(24-26-44)43-31-42(40-17-11-10-12-18-40)32-47(33-43)63-39-64(63,56-22-16-15-21-55(56)63)48-34-46(60(7,8)9)35-50(37-48)65-49-27-28-52-51-19-13-14-20-53(51)62(54(52)38-49)57-36-45(29-30-61-57)59(4,5)6/h10-39H,1-9H3/q+1/t63-,64?/m0/s1. The van der Waals surface area contributed by atoms with Crippen LogP contribution in [0, 0.1) is 6.67 Å². The molecule has 0 bridgehead atoms. The topological polar surface area (TPSA) is 27.1 Å². The van der Waals surface area contributed by atoms with Gasteiger partial charge in [0.15, 0.2) is 18.0 Å². The van der Waals surface area contributed by atoms with Crippen molar-refractivity contribution in [2.75, 3.05) is 0 Å². The molecule has 9 aromatic rings. The number of para-hydroxylation sites is 3. The van der Waals surface area contributed by atoms with Gasteiger partial charge in [-0.1, -0.05) is 147 Å². The Bertz CT molecular complexity index is 3320. The van der Waals surface area contributed by atoms with Crippen LogP contribution in [0.5, 0.6) is 11.5 Å². The number of pyridine rings is 1. The van der Waals surface area contributed by atoms with Gasteiger partial charge < -0.3 is 4.74 Å². The van der Waals surface area contributed by atoms with Crippen molar-refractivity contribution in [2.45, 2.75) is 78.6 Å². The van der Waals surface area contributed by atoms with E-state index in [1.165, 1.54) is 72.5 Å². The molecular weight excluding hydrogens is 793 g/mol. The van der Waals surface area contributed by atoms with Gasteiger partial charge in [0.05, 0.1) is 11.0 Å². The zero-order valence-electron chi connectivity index (χ0n) is 39.0. The lowest BCUT2D eigenvalue weighted by Crippen LogP contribution is -2.46. The molecule has 0 amide bonds. The zero-order chi connectivity index (χ0) is 45.1. The van der Waals surface area contributed by atoms with E-state index in [1.54, 1.807) is 0 Å². The third-order valence-electron chi connectivity index (χ3n) is 13.8. The highest BCUT2D eigenvalue weighted by atomic mass is 16.5. The van der Waals surface area contributed by atoms with Crippen molar-refractivity contribution in [3.8, 4) is 39.6 Å². The minimum Gasteiger partial charge on any atom is -0.457 e. The lowest BCUT2D eigenvalue weighted by atomic mass is 9.86. The molecule has 0 saturated carbocycles. The van der Waals surface area contributed by atoms with Crippen LogP contribution in [0.25, 0.3) is 49.9 Å². The lowest BCUT2D eigenvalue weighted by Gasteiger charge is -2.40. The molecule has 5 nitrogen and oxygen atoms in total. The summed E-state index contributed by atoms with van der Waals surface area (Å²) in [5.74, 6) is 2.50. The zero-order valence-corrected chi connectivity index (χ0v) is 39.0. The van der Waals surface area contributed by atoms with Crippen molar-refractivity contribution >= 4 is 44.6 Å². The van der Waals surface area contributed by atoms with Crippen molar-refractivity contribution < 1.29 is 4.74 Å². The minimum atomic E-state index is -0.137. The number of fused-ring (bicyclic) bond motifs is 7. The number of nitrogens with zero attached hydrogens (tertiary/aromatic N) is 4. The molecule has 0 radical (unpaired) electrons. The van der Waals surface area contributed by atoms with Crippen LogP contribution in [0.3, 0.4) is 0 Å². The molecule has 2 atom stereocenters. The van der Waals surface area contributed by atoms with Crippen molar-refractivity contribution in [1.29, 1.82) is 0 Å². The molecule has 5 heteroatoms. The highest BCUT2D eigenvalue weighted by Gasteiger charge is 2.78. The van der Waals surface area contributed by atoms with Gasteiger partial charge >= 0.3 is 0 Å². The third-order valence-corrected chi connectivity index (χ3v) is 13.8. The summed E-state index contributed by atoms with van der Waals surface area (Å²) in [7, 11) is 0. The second kappa shape index (κ2) is 14.4. The monoisotopic (exact) mass is 849 g/mol. The molecule has 0 N–H and O–H groups in total. The predicted molar refractivity (Wildman–Crippen MR) is 272 cm³/mol. The van der Waals surface area contributed by atoms with E-state index in [4.69, 9.17) is 9.72 Å². The maximum Gasteiger partial charge on any atom is 0.225 e. The quantitative estimate of drug-likeness (QED) is 0.0907. The largest absolute Gasteiger partial charge is 0.457 e. The van der Waals surface area contributed by atoms with E-state index in [0.717, 1.165) is 28.4 Å². The van der Waals surface area contributed by atoms with Crippen molar-refractivity contribution in [3.05, 3.63) is 199 Å². The van der Waals surface area contributed by atoms with Crippen LogP contribution >= 0.6 is 0 Å². The number of hydrogen-bond acceptors (Lipinski definition) is 2. The van der Waals surface area contributed by atoms with Crippen molar-refractivity contribution in [3.63, 3.8) is 0 Å². The average Bonchev–Trinajstić information content (AvgIpc) is 3.79. The van der Waals surface area contributed by atoms with Crippen molar-refractivity contribution in [2.24, 2.45) is 0 Å². The van der Waals surface area contributed by atoms with Gasteiger partial charge in [0, 0.05) is 59.4 Å². The fourth-order valence-electron chi connectivity index (χ4n) is 10.1. The van der Waals surface area contributed by atoms with Gasteiger partial charge in [0.25, 0.3) is 0 Å². The molecule has 65 heavy (non-hydrogen) atoms. The summed E-state index contributed by atoms with van der Waals surface area (Å²) in [6.45, 7) is 22.9. The Morgan fingerprint density at radius 3 is 1.68 bits per heavy atom. The van der Waals surface area contributed by atoms with Crippen LogP contribution in [0.1, 0.15) is 79.0 Å². The van der Waals surface area contributed by atoms with Gasteiger partial charge in [-0.05, 0) is 97.7 Å². The summed E-state index contributed by atoms with van der Waals surface area (Å²) < 4.78 is 10.5. The SMILES string of the molecule is CC(C)(C)c1ccc(-c2cc(-c3ccccc3)cc([N@+]34[CH-][N+]3(c3cc(Oc5ccc6c7ccccc7n(-c7cc(C(C)(C)C)ccn7)c6c5)cc(C(C)(C)C)c3)c3ccccc34)c2)cc1. The number of benzene rings is 7. The van der Waals surface area contributed by atoms with Gasteiger partial charge in [0.1, 0.15) is 17.3 Å². The van der Waals surface area contributed by atoms with Crippen LogP contribution in [0.4, 0.5) is 22.7 Å². The fourth-order valence-corrected chi connectivity index (χ4v) is 10.1. The third kappa shape index (κ3) is 6.55. The summed E-state index contributed by atoms with van der Waals surface area (Å²) in [6.07, 6.45) is 1.93. The first-order chi connectivity index (χ1) is 31.0. The Labute approximate surface area is 384 Å². The highest BCUT2D eigenvalue weighted by Crippen LogP contribution is 2.75. The highest BCUT2D eigenvalue weighted by molar-refractivity contribution is 6.09. The molecule has 322 valence electrons. The minimum absolute atomic E-state index is 0.0138. The van der Waals surface area contributed by atoms with E-state index in [1.807, 2.05) is 6.20 Å². The molecule has 0 spiro atoms. The summed E-state index contributed by atoms with van der Waals surface area (Å²) in [5, 5.41) is 2.35. The first-order valence-electron chi connectivity index (χ1n) is 23.0. The molecule has 1 unspecified atom stereocenters. The number of quaternary nitrogens is 2. The molecule has 0 aliphatic carbocycles. The normalized spacial score (nSPS) is 18.0. The Morgan fingerprint density at radius 2 is 1.02 bits per heavy atom. The van der Waals surface area contributed by atoms with Crippen molar-refractivity contribution in [1.82, 2.24) is 18.7 Å². The number of aromatic nitrogens is 2. The van der Waals surface area contributed by atoms with Gasteiger partial charge in [-0.3, -0.25) is 4.57 Å².